The Hall–Kier alpha value is 0.270. The minimum atomic E-state index is 0.905. The van der Waals surface area contributed by atoms with Crippen LogP contribution in [0.15, 0.2) is 0 Å². The average Bonchev–Trinajstić information content (AvgIpc) is 2.34. The molecular weight excluding hydrogens is 228 g/mol. The van der Waals surface area contributed by atoms with Gasteiger partial charge in [-0.05, 0) is 70.5 Å². The molecule has 1 aliphatic heterocycles. The number of rotatable bonds is 6. The molecule has 17 heavy (non-hydrogen) atoms. The Balaban J connectivity index is 1.68. The van der Waals surface area contributed by atoms with Crippen molar-refractivity contribution in [1.82, 2.24) is 10.2 Å². The van der Waals surface area contributed by atoms with Gasteiger partial charge in [-0.15, -0.1) is 0 Å². The van der Waals surface area contributed by atoms with E-state index in [4.69, 9.17) is 0 Å². The number of thioether (sulfide) groups is 1. The van der Waals surface area contributed by atoms with Gasteiger partial charge in [-0.3, -0.25) is 4.90 Å². The maximum Gasteiger partial charge on any atom is 0.0136 e. The molecule has 3 heteroatoms. The summed E-state index contributed by atoms with van der Waals surface area (Å²) in [5.74, 6) is 0.937. The molecule has 1 heterocycles. The van der Waals surface area contributed by atoms with Gasteiger partial charge in [-0.1, -0.05) is 6.92 Å². The standard InChI is InChI=1S/C14H28N2S/c1-3-8-15-11-12-4-5-14(12)16-9-6-13(17-2)7-10-16/h12-15H,3-11H2,1-2H3. The highest BCUT2D eigenvalue weighted by molar-refractivity contribution is 7.99. The largest absolute Gasteiger partial charge is 0.316 e. The fourth-order valence-corrected chi connectivity index (χ4v) is 3.86. The number of nitrogens with one attached hydrogen (secondary N) is 1. The van der Waals surface area contributed by atoms with E-state index in [1.807, 2.05) is 0 Å². The zero-order chi connectivity index (χ0) is 12.1. The van der Waals surface area contributed by atoms with Crippen LogP contribution in [0.1, 0.15) is 39.0 Å². The van der Waals surface area contributed by atoms with Crippen LogP contribution in [-0.4, -0.2) is 48.6 Å². The van der Waals surface area contributed by atoms with Gasteiger partial charge in [-0.25, -0.2) is 0 Å². The Morgan fingerprint density at radius 2 is 1.94 bits per heavy atom. The summed E-state index contributed by atoms with van der Waals surface area (Å²) in [5, 5.41) is 4.53. The molecule has 0 amide bonds. The van der Waals surface area contributed by atoms with Crippen molar-refractivity contribution >= 4 is 11.8 Å². The highest BCUT2D eigenvalue weighted by atomic mass is 32.2. The summed E-state index contributed by atoms with van der Waals surface area (Å²) in [6, 6.07) is 0.905. The molecule has 2 rings (SSSR count). The van der Waals surface area contributed by atoms with Crippen LogP contribution in [0.2, 0.25) is 0 Å². The molecule has 100 valence electrons. The lowest BCUT2D eigenvalue weighted by atomic mass is 9.77. The highest BCUT2D eigenvalue weighted by Gasteiger charge is 2.36. The van der Waals surface area contributed by atoms with Gasteiger partial charge in [0.2, 0.25) is 0 Å². The molecule has 0 bridgehead atoms. The first-order valence-electron chi connectivity index (χ1n) is 7.32. The van der Waals surface area contributed by atoms with Crippen molar-refractivity contribution in [2.45, 2.75) is 50.3 Å². The molecule has 0 radical (unpaired) electrons. The van der Waals surface area contributed by atoms with Gasteiger partial charge in [0.05, 0.1) is 0 Å². The summed E-state index contributed by atoms with van der Waals surface area (Å²) in [7, 11) is 0. The number of piperidine rings is 1. The third kappa shape index (κ3) is 3.62. The first-order chi connectivity index (χ1) is 8.35. The van der Waals surface area contributed by atoms with Crippen molar-refractivity contribution in [1.29, 1.82) is 0 Å². The van der Waals surface area contributed by atoms with Crippen molar-refractivity contribution in [2.75, 3.05) is 32.4 Å². The lowest BCUT2D eigenvalue weighted by Gasteiger charge is -2.47. The van der Waals surface area contributed by atoms with E-state index in [9.17, 15) is 0 Å². The average molecular weight is 256 g/mol. The molecule has 2 nitrogen and oxygen atoms in total. The third-order valence-electron chi connectivity index (χ3n) is 4.49. The molecule has 0 spiro atoms. The topological polar surface area (TPSA) is 15.3 Å². The summed E-state index contributed by atoms with van der Waals surface area (Å²) in [4.78, 5) is 2.77. The first kappa shape index (κ1) is 13.7. The molecule has 2 aliphatic rings. The van der Waals surface area contributed by atoms with Crippen LogP contribution >= 0.6 is 11.8 Å². The Kier molecular flexibility index (Phi) is 5.64. The van der Waals surface area contributed by atoms with Crippen molar-refractivity contribution < 1.29 is 0 Å². The Morgan fingerprint density at radius 1 is 1.18 bits per heavy atom. The van der Waals surface area contributed by atoms with Gasteiger partial charge in [0.15, 0.2) is 0 Å². The maximum absolute atomic E-state index is 3.60. The highest BCUT2D eigenvalue weighted by Crippen LogP contribution is 2.34. The summed E-state index contributed by atoms with van der Waals surface area (Å²) < 4.78 is 0. The summed E-state index contributed by atoms with van der Waals surface area (Å²) in [6.07, 6.45) is 9.24. The molecule has 2 atom stereocenters. The molecule has 1 saturated carbocycles. The Labute approximate surface area is 111 Å². The number of likely N-dealkylation sites (tertiary alicyclic amines) is 1. The Bertz CT molecular complexity index is 214. The van der Waals surface area contributed by atoms with Crippen LogP contribution in [0.4, 0.5) is 0 Å². The second-order valence-corrected chi connectivity index (χ2v) is 6.72. The molecule has 1 saturated heterocycles. The van der Waals surface area contributed by atoms with Crippen LogP contribution < -0.4 is 5.32 Å². The van der Waals surface area contributed by atoms with E-state index in [0.29, 0.717) is 0 Å². The molecule has 0 aromatic heterocycles. The molecule has 0 aromatic rings. The Morgan fingerprint density at radius 3 is 2.47 bits per heavy atom. The van der Waals surface area contributed by atoms with Crippen molar-refractivity contribution in [3.63, 3.8) is 0 Å². The predicted molar refractivity (Wildman–Crippen MR) is 77.8 cm³/mol. The molecular formula is C14H28N2S. The van der Waals surface area contributed by atoms with Crippen molar-refractivity contribution in [3.05, 3.63) is 0 Å². The zero-order valence-corrected chi connectivity index (χ0v) is 12.3. The van der Waals surface area contributed by atoms with Gasteiger partial charge in [0, 0.05) is 11.3 Å². The van der Waals surface area contributed by atoms with E-state index in [1.54, 1.807) is 0 Å². The quantitative estimate of drug-likeness (QED) is 0.735. The summed E-state index contributed by atoms with van der Waals surface area (Å²) in [6.45, 7) is 7.39. The number of hydrogen-bond donors (Lipinski definition) is 1. The van der Waals surface area contributed by atoms with E-state index in [-0.39, 0.29) is 0 Å². The van der Waals surface area contributed by atoms with E-state index >= 15 is 0 Å². The third-order valence-corrected chi connectivity index (χ3v) is 5.63. The molecule has 0 aromatic carbocycles. The maximum atomic E-state index is 3.60. The molecule has 1 aliphatic carbocycles. The van der Waals surface area contributed by atoms with Crippen LogP contribution in [0, 0.1) is 5.92 Å². The lowest BCUT2D eigenvalue weighted by Crippen LogP contribution is -2.53. The second-order valence-electron chi connectivity index (χ2n) is 5.58. The summed E-state index contributed by atoms with van der Waals surface area (Å²) in [5.41, 5.74) is 0. The SMILES string of the molecule is CCCNCC1CCC1N1CCC(SC)CC1. The normalized spacial score (nSPS) is 31.4. The molecule has 2 fully saturated rings. The minimum Gasteiger partial charge on any atom is -0.316 e. The molecule has 2 unspecified atom stereocenters. The van der Waals surface area contributed by atoms with Crippen molar-refractivity contribution in [2.24, 2.45) is 5.92 Å². The van der Waals surface area contributed by atoms with Crippen LogP contribution in [0.3, 0.4) is 0 Å². The monoisotopic (exact) mass is 256 g/mol. The van der Waals surface area contributed by atoms with Gasteiger partial charge in [0.25, 0.3) is 0 Å². The molecule has 1 N–H and O–H groups in total. The predicted octanol–water partition coefficient (Wildman–Crippen LogP) is 2.59. The van der Waals surface area contributed by atoms with E-state index in [0.717, 1.165) is 17.2 Å². The fraction of sp³-hybridized carbons (Fsp3) is 1.00. The van der Waals surface area contributed by atoms with Gasteiger partial charge in [-0.2, -0.15) is 11.8 Å². The lowest BCUT2D eigenvalue weighted by molar-refractivity contribution is 0.0484. The minimum absolute atomic E-state index is 0.905. The van der Waals surface area contributed by atoms with E-state index in [1.165, 1.54) is 58.3 Å². The van der Waals surface area contributed by atoms with E-state index in [2.05, 4.69) is 35.2 Å². The summed E-state index contributed by atoms with van der Waals surface area (Å²) >= 11 is 2.06. The fourth-order valence-electron chi connectivity index (χ4n) is 3.18. The second kappa shape index (κ2) is 7.01. The van der Waals surface area contributed by atoms with Gasteiger partial charge >= 0.3 is 0 Å². The smallest absolute Gasteiger partial charge is 0.0136 e. The number of nitrogens with zero attached hydrogens (tertiary/aromatic N) is 1. The van der Waals surface area contributed by atoms with Gasteiger partial charge in [0.1, 0.15) is 0 Å². The van der Waals surface area contributed by atoms with Gasteiger partial charge < -0.3 is 5.32 Å². The van der Waals surface area contributed by atoms with Crippen LogP contribution in [-0.2, 0) is 0 Å². The number of hydrogen-bond acceptors (Lipinski definition) is 3. The zero-order valence-electron chi connectivity index (χ0n) is 11.5. The first-order valence-corrected chi connectivity index (χ1v) is 8.61. The van der Waals surface area contributed by atoms with Crippen LogP contribution in [0.5, 0.6) is 0 Å². The van der Waals surface area contributed by atoms with Crippen molar-refractivity contribution in [3.8, 4) is 0 Å². The van der Waals surface area contributed by atoms with Crippen LogP contribution in [0.25, 0.3) is 0 Å². The van der Waals surface area contributed by atoms with E-state index < -0.39 is 0 Å².